The van der Waals surface area contributed by atoms with E-state index in [1.165, 1.54) is 0 Å². The average molecular weight is 290 g/mol. The van der Waals surface area contributed by atoms with Gasteiger partial charge < -0.3 is 15.8 Å². The molecule has 0 aliphatic heterocycles. The Morgan fingerprint density at radius 2 is 2.29 bits per heavy atom. The van der Waals surface area contributed by atoms with Crippen molar-refractivity contribution in [3.8, 4) is 5.75 Å². The van der Waals surface area contributed by atoms with Gasteiger partial charge >= 0.3 is 0 Å². The summed E-state index contributed by atoms with van der Waals surface area (Å²) in [4.78, 5) is 12.0. The second-order valence-corrected chi connectivity index (χ2v) is 5.73. The van der Waals surface area contributed by atoms with Crippen molar-refractivity contribution in [1.29, 1.82) is 0 Å². The van der Waals surface area contributed by atoms with Gasteiger partial charge in [-0.3, -0.25) is 4.79 Å². The number of carbonyl (C=O) groups is 1. The lowest BCUT2D eigenvalue weighted by atomic mass is 10.1. The third-order valence-electron chi connectivity index (χ3n) is 4.03. The van der Waals surface area contributed by atoms with Gasteiger partial charge in [0.05, 0.1) is 0 Å². The van der Waals surface area contributed by atoms with Crippen molar-refractivity contribution in [2.24, 2.45) is 5.73 Å². The standard InChI is InChI=1S/C17H26N2O2/c1-3-4-5-11-19-17(20)12(2)21-16-8-6-7-13-14(16)9-10-15(13)18/h6-8,12,15H,3-5,9-11,18H2,1-2H3,(H,19,20). The lowest BCUT2D eigenvalue weighted by Crippen LogP contribution is -2.37. The summed E-state index contributed by atoms with van der Waals surface area (Å²) >= 11 is 0. The monoisotopic (exact) mass is 290 g/mol. The highest BCUT2D eigenvalue weighted by atomic mass is 16.5. The number of carbonyl (C=O) groups excluding carboxylic acids is 1. The molecular weight excluding hydrogens is 264 g/mol. The van der Waals surface area contributed by atoms with Gasteiger partial charge in [-0.25, -0.2) is 0 Å². The van der Waals surface area contributed by atoms with Crippen molar-refractivity contribution in [1.82, 2.24) is 5.32 Å². The molecule has 116 valence electrons. The van der Waals surface area contributed by atoms with Gasteiger partial charge in [0.15, 0.2) is 6.10 Å². The van der Waals surface area contributed by atoms with Gasteiger partial charge in [0.25, 0.3) is 5.91 Å². The zero-order valence-electron chi connectivity index (χ0n) is 13.0. The molecule has 0 bridgehead atoms. The third-order valence-corrected chi connectivity index (χ3v) is 4.03. The number of hydrogen-bond donors (Lipinski definition) is 2. The van der Waals surface area contributed by atoms with E-state index in [1.807, 2.05) is 12.1 Å². The molecule has 0 heterocycles. The third kappa shape index (κ3) is 3.97. The summed E-state index contributed by atoms with van der Waals surface area (Å²) in [5, 5.41) is 2.93. The Morgan fingerprint density at radius 1 is 1.48 bits per heavy atom. The van der Waals surface area contributed by atoms with Crippen LogP contribution in [0, 0.1) is 0 Å². The molecule has 3 N–H and O–H groups in total. The Hall–Kier alpha value is -1.55. The normalized spacial score (nSPS) is 18.1. The summed E-state index contributed by atoms with van der Waals surface area (Å²) in [6.07, 6.45) is 4.71. The Morgan fingerprint density at radius 3 is 3.05 bits per heavy atom. The highest BCUT2D eigenvalue weighted by Crippen LogP contribution is 2.35. The van der Waals surface area contributed by atoms with Crippen molar-refractivity contribution < 1.29 is 9.53 Å². The number of nitrogens with two attached hydrogens (primary N) is 1. The van der Waals surface area contributed by atoms with Crippen LogP contribution in [0.5, 0.6) is 5.75 Å². The maximum Gasteiger partial charge on any atom is 0.260 e. The summed E-state index contributed by atoms with van der Waals surface area (Å²) in [6.45, 7) is 4.66. The highest BCUT2D eigenvalue weighted by Gasteiger charge is 2.24. The zero-order valence-corrected chi connectivity index (χ0v) is 13.0. The first kappa shape index (κ1) is 15.8. The van der Waals surface area contributed by atoms with Crippen molar-refractivity contribution >= 4 is 5.91 Å². The van der Waals surface area contributed by atoms with E-state index in [1.54, 1.807) is 6.92 Å². The molecule has 0 saturated carbocycles. The van der Waals surface area contributed by atoms with Gasteiger partial charge in [-0.05, 0) is 43.4 Å². The summed E-state index contributed by atoms with van der Waals surface area (Å²) in [5.41, 5.74) is 8.38. The van der Waals surface area contributed by atoms with Crippen molar-refractivity contribution in [3.05, 3.63) is 29.3 Å². The fraction of sp³-hybridized carbons (Fsp3) is 0.588. The van der Waals surface area contributed by atoms with Crippen LogP contribution in [0.15, 0.2) is 18.2 Å². The number of hydrogen-bond acceptors (Lipinski definition) is 3. The summed E-state index contributed by atoms with van der Waals surface area (Å²) in [6, 6.07) is 6.03. The Bertz CT molecular complexity index is 488. The first-order chi connectivity index (χ1) is 10.1. The second-order valence-electron chi connectivity index (χ2n) is 5.73. The quantitative estimate of drug-likeness (QED) is 0.759. The topological polar surface area (TPSA) is 64.3 Å². The van der Waals surface area contributed by atoms with Crippen LogP contribution in [0.3, 0.4) is 0 Å². The van der Waals surface area contributed by atoms with Crippen molar-refractivity contribution in [2.75, 3.05) is 6.54 Å². The summed E-state index contributed by atoms with van der Waals surface area (Å²) in [7, 11) is 0. The maximum atomic E-state index is 12.0. The van der Waals surface area contributed by atoms with Crippen LogP contribution in [0.2, 0.25) is 0 Å². The predicted molar refractivity (Wildman–Crippen MR) is 84.3 cm³/mol. The number of rotatable bonds is 7. The molecule has 0 spiro atoms. The van der Waals surface area contributed by atoms with Gasteiger partial charge in [-0.1, -0.05) is 31.9 Å². The fourth-order valence-corrected chi connectivity index (χ4v) is 2.74. The largest absolute Gasteiger partial charge is 0.481 e. The van der Waals surface area contributed by atoms with Crippen molar-refractivity contribution in [2.45, 2.75) is 58.1 Å². The van der Waals surface area contributed by atoms with Crippen molar-refractivity contribution in [3.63, 3.8) is 0 Å². The molecular formula is C17H26N2O2. The molecule has 2 unspecified atom stereocenters. The van der Waals surface area contributed by atoms with Crippen LogP contribution in [-0.4, -0.2) is 18.6 Å². The predicted octanol–water partition coefficient (Wildman–Crippen LogP) is 2.71. The highest BCUT2D eigenvalue weighted by molar-refractivity contribution is 5.80. The van der Waals surface area contributed by atoms with E-state index < -0.39 is 6.10 Å². The van der Waals surface area contributed by atoms with Crippen LogP contribution < -0.4 is 15.8 Å². The fourth-order valence-electron chi connectivity index (χ4n) is 2.74. The smallest absolute Gasteiger partial charge is 0.260 e. The maximum absolute atomic E-state index is 12.0. The van der Waals surface area contributed by atoms with Gasteiger partial charge in [-0.2, -0.15) is 0 Å². The first-order valence-electron chi connectivity index (χ1n) is 7.95. The molecule has 1 aromatic carbocycles. The van der Waals surface area contributed by atoms with Gasteiger partial charge in [0, 0.05) is 12.6 Å². The van der Waals surface area contributed by atoms with Crippen LogP contribution in [0.4, 0.5) is 0 Å². The molecule has 2 atom stereocenters. The number of ether oxygens (including phenoxy) is 1. The van der Waals surface area contributed by atoms with Gasteiger partial charge in [-0.15, -0.1) is 0 Å². The second kappa shape index (κ2) is 7.46. The number of unbranched alkanes of at least 4 members (excludes halogenated alkanes) is 2. The number of fused-ring (bicyclic) bond motifs is 1. The minimum atomic E-state index is -0.477. The molecule has 0 fully saturated rings. The minimum Gasteiger partial charge on any atom is -0.481 e. The first-order valence-corrected chi connectivity index (χ1v) is 7.95. The Labute approximate surface area is 127 Å². The molecule has 21 heavy (non-hydrogen) atoms. The molecule has 0 aromatic heterocycles. The van der Waals surface area contributed by atoms with E-state index in [2.05, 4.69) is 18.3 Å². The molecule has 0 saturated heterocycles. The summed E-state index contributed by atoms with van der Waals surface area (Å²) in [5.74, 6) is 0.752. The lowest BCUT2D eigenvalue weighted by molar-refractivity contribution is -0.127. The molecule has 1 aliphatic carbocycles. The van der Waals surface area contributed by atoms with E-state index in [4.69, 9.17) is 10.5 Å². The van der Waals surface area contributed by atoms with E-state index in [0.717, 1.165) is 55.5 Å². The molecule has 4 heteroatoms. The Balaban J connectivity index is 1.91. The van der Waals surface area contributed by atoms with Gasteiger partial charge in [0.2, 0.25) is 0 Å². The van der Waals surface area contributed by atoms with E-state index >= 15 is 0 Å². The minimum absolute atomic E-state index is 0.0500. The van der Waals surface area contributed by atoms with E-state index in [9.17, 15) is 4.79 Å². The Kier molecular flexibility index (Phi) is 5.62. The summed E-state index contributed by atoms with van der Waals surface area (Å²) < 4.78 is 5.86. The average Bonchev–Trinajstić information content (AvgIpc) is 2.86. The number of benzene rings is 1. The molecule has 0 radical (unpaired) electrons. The van der Waals surface area contributed by atoms with Crippen LogP contribution in [0.1, 0.15) is 56.7 Å². The van der Waals surface area contributed by atoms with Crippen LogP contribution in [0.25, 0.3) is 0 Å². The molecule has 1 aliphatic rings. The molecule has 4 nitrogen and oxygen atoms in total. The number of nitrogens with one attached hydrogen (secondary N) is 1. The van der Waals surface area contributed by atoms with E-state index in [-0.39, 0.29) is 11.9 Å². The SMILES string of the molecule is CCCCCNC(=O)C(C)Oc1cccc2c1CCC2N. The molecule has 2 rings (SSSR count). The van der Waals surface area contributed by atoms with E-state index in [0.29, 0.717) is 0 Å². The molecule has 1 aromatic rings. The molecule has 1 amide bonds. The van der Waals surface area contributed by atoms with Crippen LogP contribution >= 0.6 is 0 Å². The van der Waals surface area contributed by atoms with Gasteiger partial charge in [0.1, 0.15) is 5.75 Å². The zero-order chi connectivity index (χ0) is 15.2. The lowest BCUT2D eigenvalue weighted by Gasteiger charge is -2.17. The van der Waals surface area contributed by atoms with Crippen LogP contribution in [-0.2, 0) is 11.2 Å². The number of amides is 1.